The van der Waals surface area contributed by atoms with Crippen molar-refractivity contribution in [3.05, 3.63) is 77.5 Å². The molecule has 1 heterocycles. The first-order chi connectivity index (χ1) is 16.9. The summed E-state index contributed by atoms with van der Waals surface area (Å²) in [5.41, 5.74) is -2.54. The molecule has 0 fully saturated rings. The lowest BCUT2D eigenvalue weighted by Crippen LogP contribution is -2.53. The maximum Gasteiger partial charge on any atom is 0.543 e. The molecule has 3 aromatic rings. The predicted octanol–water partition coefficient (Wildman–Crippen LogP) is 5.87. The van der Waals surface area contributed by atoms with Crippen molar-refractivity contribution in [1.82, 2.24) is 4.98 Å². The number of carboxylic acids is 1. The molecule has 186 valence electrons. The molecule has 9 heteroatoms. The smallest absolute Gasteiger partial charge is 0.477 e. The number of carbonyl (C=O) groups is 1. The molecule has 0 aliphatic heterocycles. The Hall–Kier alpha value is -3.50. The van der Waals surface area contributed by atoms with Crippen molar-refractivity contribution in [2.75, 3.05) is 7.11 Å². The molecule has 3 rings (SSSR count). The summed E-state index contributed by atoms with van der Waals surface area (Å²) in [4.78, 5) is 17.0. The average Bonchev–Trinajstić information content (AvgIpc) is 2.84. The quantitative estimate of drug-likeness (QED) is 0.290. The molecule has 0 aliphatic rings. The van der Waals surface area contributed by atoms with E-state index < -0.39 is 42.3 Å². The van der Waals surface area contributed by atoms with Gasteiger partial charge in [0.15, 0.2) is 11.4 Å². The molecule has 3 atom stereocenters. The molecule has 0 aliphatic carbocycles. The van der Waals surface area contributed by atoms with Crippen LogP contribution in [-0.2, 0) is 19.5 Å². The Kier molecular flexibility index (Phi) is 7.70. The summed E-state index contributed by atoms with van der Waals surface area (Å²) in [6, 6.07) is 13.2. The Morgan fingerprint density at radius 1 is 1.11 bits per heavy atom. The van der Waals surface area contributed by atoms with E-state index in [0.29, 0.717) is 5.56 Å². The number of halogens is 2. The summed E-state index contributed by atoms with van der Waals surface area (Å²) in [5, 5.41) is 19.2. The number of pyridine rings is 1. The number of benzene rings is 2. The summed E-state index contributed by atoms with van der Waals surface area (Å²) in [5.74, 6) is -1.79. The summed E-state index contributed by atoms with van der Waals surface area (Å²) in [7, 11) is -2.21. The van der Waals surface area contributed by atoms with E-state index >= 15 is 4.39 Å². The van der Waals surface area contributed by atoms with Gasteiger partial charge in [0.05, 0.1) is 12.8 Å². The molecule has 36 heavy (non-hydrogen) atoms. The highest BCUT2D eigenvalue weighted by atomic mass is 31.1. The highest BCUT2D eigenvalue weighted by Gasteiger charge is 2.71. The van der Waals surface area contributed by atoms with Crippen molar-refractivity contribution >= 4 is 14.0 Å². The van der Waals surface area contributed by atoms with Crippen LogP contribution in [0.4, 0.5) is 8.78 Å². The van der Waals surface area contributed by atoms with Gasteiger partial charge in [0, 0.05) is 16.7 Å². The lowest BCUT2D eigenvalue weighted by molar-refractivity contribution is -0.145. The normalized spacial score (nSPS) is 15.0. The highest BCUT2D eigenvalue weighted by Crippen LogP contribution is 2.55. The van der Waals surface area contributed by atoms with Crippen molar-refractivity contribution < 1.29 is 32.9 Å². The topological polar surface area (TPSA) is 96.7 Å². The molecule has 0 radical (unpaired) electrons. The zero-order chi connectivity index (χ0) is 26.8. The van der Waals surface area contributed by atoms with Gasteiger partial charge in [0.1, 0.15) is 11.5 Å². The fourth-order valence-corrected chi connectivity index (χ4v) is 5.21. The number of aliphatic carboxylic acids is 1. The van der Waals surface area contributed by atoms with Crippen LogP contribution in [-0.4, -0.2) is 33.4 Å². The molecular formula is C27H25F2NO5P+. The van der Waals surface area contributed by atoms with Gasteiger partial charge in [0.25, 0.3) is 0 Å². The molecule has 6 nitrogen and oxygen atoms in total. The Morgan fingerprint density at radius 2 is 1.69 bits per heavy atom. The first-order valence-electron chi connectivity index (χ1n) is 10.9. The van der Waals surface area contributed by atoms with Gasteiger partial charge in [-0.05, 0) is 41.0 Å². The van der Waals surface area contributed by atoms with Gasteiger partial charge >= 0.3 is 19.2 Å². The molecule has 0 saturated heterocycles. The first-order valence-corrected chi connectivity index (χ1v) is 12.1. The lowest BCUT2D eigenvalue weighted by atomic mass is 9.75. The average molecular weight is 512 g/mol. The van der Waals surface area contributed by atoms with Gasteiger partial charge in [-0.1, -0.05) is 56.3 Å². The van der Waals surface area contributed by atoms with Crippen LogP contribution in [0.1, 0.15) is 37.9 Å². The van der Waals surface area contributed by atoms with E-state index in [0.717, 1.165) is 26.2 Å². The van der Waals surface area contributed by atoms with Gasteiger partial charge in [-0.2, -0.15) is 0 Å². The summed E-state index contributed by atoms with van der Waals surface area (Å²) in [6.45, 7) is 4.49. The number of hydrogen-bond acceptors (Lipinski definition) is 5. The van der Waals surface area contributed by atoms with E-state index in [-0.39, 0.29) is 28.1 Å². The summed E-state index contributed by atoms with van der Waals surface area (Å²) < 4.78 is 47.9. The second kappa shape index (κ2) is 10.2. The minimum Gasteiger partial charge on any atom is -0.477 e. The number of terminal acetylenes is 1. The molecule has 0 amide bonds. The maximum absolute atomic E-state index is 16.4. The fourth-order valence-electron chi connectivity index (χ4n) is 4.20. The third-order valence-electron chi connectivity index (χ3n) is 6.04. The Balaban J connectivity index is 2.59. The Morgan fingerprint density at radius 3 is 2.17 bits per heavy atom. The number of aromatic nitrogens is 1. The van der Waals surface area contributed by atoms with Crippen LogP contribution in [0, 0.1) is 24.0 Å². The SMILES string of the molecule is C#CC(C(=O)O)([P+](=O)OC)C(C)(O)c1c(C(C)C)nc(-c2ccccc2)c(F)c1-c1ccc(F)cc1. The van der Waals surface area contributed by atoms with Crippen LogP contribution in [0.3, 0.4) is 0 Å². The molecule has 0 spiro atoms. The van der Waals surface area contributed by atoms with Gasteiger partial charge in [0.2, 0.25) is 0 Å². The van der Waals surface area contributed by atoms with Crippen molar-refractivity contribution in [3.8, 4) is 34.7 Å². The van der Waals surface area contributed by atoms with Gasteiger partial charge in [-0.3, -0.25) is 0 Å². The zero-order valence-electron chi connectivity index (χ0n) is 20.1. The molecule has 3 unspecified atom stereocenters. The summed E-state index contributed by atoms with van der Waals surface area (Å²) >= 11 is 0. The van der Waals surface area contributed by atoms with Crippen LogP contribution >= 0.6 is 8.03 Å². The molecule has 1 aromatic heterocycles. The van der Waals surface area contributed by atoms with E-state index in [4.69, 9.17) is 10.9 Å². The Labute approximate surface area is 208 Å². The predicted molar refractivity (Wildman–Crippen MR) is 133 cm³/mol. The monoisotopic (exact) mass is 512 g/mol. The number of rotatable bonds is 8. The standard InChI is InChI=1S/C27H24F2NO5P/c1-6-27(25(31)32,36(34)35-5)26(4,33)21-20(17-12-14-19(28)15-13-17)22(29)24(30-23(21)16(2)3)18-10-8-7-9-11-18/h1,7-16,33H,2-5H3/p+1. The Bertz CT molecular complexity index is 1350. The second-order valence-corrected chi connectivity index (χ2v) is 10.2. The molecule has 0 saturated carbocycles. The van der Waals surface area contributed by atoms with Crippen LogP contribution in [0.5, 0.6) is 0 Å². The molecule has 2 aromatic carbocycles. The largest absolute Gasteiger partial charge is 0.543 e. The van der Waals surface area contributed by atoms with E-state index in [1.165, 1.54) is 12.1 Å². The molecule has 0 bridgehead atoms. The summed E-state index contributed by atoms with van der Waals surface area (Å²) in [6.07, 6.45) is 5.58. The minimum atomic E-state index is -3.20. The molecule has 2 N–H and O–H groups in total. The van der Waals surface area contributed by atoms with Crippen molar-refractivity contribution in [1.29, 1.82) is 0 Å². The fraction of sp³-hybridized carbons (Fsp3) is 0.259. The third-order valence-corrected chi connectivity index (χ3v) is 7.68. The van der Waals surface area contributed by atoms with E-state index in [2.05, 4.69) is 4.98 Å². The highest BCUT2D eigenvalue weighted by molar-refractivity contribution is 7.43. The van der Waals surface area contributed by atoms with E-state index in [9.17, 15) is 24.0 Å². The van der Waals surface area contributed by atoms with Crippen LogP contribution in [0.25, 0.3) is 22.4 Å². The minimum absolute atomic E-state index is 0.0593. The lowest BCUT2D eigenvalue weighted by Gasteiger charge is -2.34. The first kappa shape index (κ1) is 27.1. The van der Waals surface area contributed by atoms with Crippen LogP contribution in [0.2, 0.25) is 0 Å². The number of carboxylic acid groups (broad SMARTS) is 1. The van der Waals surface area contributed by atoms with E-state index in [1.54, 1.807) is 44.2 Å². The number of hydrogen-bond donors (Lipinski definition) is 2. The maximum atomic E-state index is 16.4. The van der Waals surface area contributed by atoms with Crippen molar-refractivity contribution in [2.24, 2.45) is 0 Å². The van der Waals surface area contributed by atoms with E-state index in [1.807, 2.05) is 5.92 Å². The number of aliphatic hydroxyl groups is 1. The third kappa shape index (κ3) is 4.31. The van der Waals surface area contributed by atoms with Crippen LogP contribution in [0.15, 0.2) is 54.6 Å². The second-order valence-electron chi connectivity index (χ2n) is 8.61. The zero-order valence-corrected chi connectivity index (χ0v) is 21.0. The number of nitrogens with zero attached hydrogens (tertiary/aromatic N) is 1. The van der Waals surface area contributed by atoms with Gasteiger partial charge in [-0.15, -0.1) is 10.9 Å². The van der Waals surface area contributed by atoms with Gasteiger partial charge < -0.3 is 10.2 Å². The van der Waals surface area contributed by atoms with Gasteiger partial charge in [-0.25, -0.2) is 18.6 Å². The van der Waals surface area contributed by atoms with Crippen LogP contribution < -0.4 is 0 Å². The van der Waals surface area contributed by atoms with Crippen molar-refractivity contribution in [2.45, 2.75) is 37.4 Å². The molecular weight excluding hydrogens is 487 g/mol. The van der Waals surface area contributed by atoms with Crippen molar-refractivity contribution in [3.63, 3.8) is 0 Å².